The van der Waals surface area contributed by atoms with Crippen molar-refractivity contribution in [2.75, 3.05) is 6.54 Å². The lowest BCUT2D eigenvalue weighted by molar-refractivity contribution is -0.131. The number of carbonyl (C=O) groups is 1. The molecule has 0 aromatic heterocycles. The van der Waals surface area contributed by atoms with Gasteiger partial charge in [-0.05, 0) is 22.2 Å². The predicted molar refractivity (Wildman–Crippen MR) is 116 cm³/mol. The van der Waals surface area contributed by atoms with Gasteiger partial charge in [-0.1, -0.05) is 96.1 Å². The number of hydrogen-bond donors (Lipinski definition) is 1. The minimum atomic E-state index is -0.517. The van der Waals surface area contributed by atoms with Crippen LogP contribution in [0.5, 0.6) is 0 Å². The Morgan fingerprint density at radius 1 is 0.862 bits per heavy atom. The van der Waals surface area contributed by atoms with Crippen molar-refractivity contribution in [1.82, 2.24) is 5.32 Å². The Morgan fingerprint density at radius 2 is 1.31 bits per heavy atom. The molecule has 144 valence electrons. The van der Waals surface area contributed by atoms with Crippen LogP contribution in [-0.4, -0.2) is 17.8 Å². The Labute approximate surface area is 173 Å². The molecule has 0 radical (unpaired) electrons. The van der Waals surface area contributed by atoms with Crippen LogP contribution in [0.15, 0.2) is 96.1 Å². The maximum atomic E-state index is 12.1. The second kappa shape index (κ2) is 8.43. The highest BCUT2D eigenvalue weighted by molar-refractivity contribution is 8.01. The van der Waals surface area contributed by atoms with Gasteiger partial charge in [0.1, 0.15) is 0 Å². The fourth-order valence-electron chi connectivity index (χ4n) is 3.72. The Morgan fingerprint density at radius 3 is 1.69 bits per heavy atom. The van der Waals surface area contributed by atoms with Crippen molar-refractivity contribution in [2.45, 2.75) is 10.1 Å². The van der Waals surface area contributed by atoms with Crippen LogP contribution in [0.1, 0.15) is 16.7 Å². The summed E-state index contributed by atoms with van der Waals surface area (Å²) in [6, 6.07) is 30.9. The molecule has 3 aromatic carbocycles. The van der Waals surface area contributed by atoms with Gasteiger partial charge in [0.2, 0.25) is 5.91 Å². The van der Waals surface area contributed by atoms with Crippen LogP contribution in [-0.2, 0) is 9.54 Å². The fraction of sp³-hybridized carbons (Fsp3) is 0.174. The molecule has 6 heteroatoms. The Balaban J connectivity index is 1.87. The predicted octanol–water partition coefficient (Wildman–Crippen LogP) is 5.09. The van der Waals surface area contributed by atoms with Gasteiger partial charge in [-0.15, -0.1) is 11.8 Å². The van der Waals surface area contributed by atoms with E-state index in [0.29, 0.717) is 0 Å². The van der Waals surface area contributed by atoms with E-state index in [1.165, 1.54) is 0 Å². The lowest BCUT2D eigenvalue weighted by Crippen LogP contribution is -2.58. The quantitative estimate of drug-likeness (QED) is 0.197. The maximum absolute atomic E-state index is 12.1. The van der Waals surface area contributed by atoms with Crippen molar-refractivity contribution in [3.63, 3.8) is 0 Å². The molecule has 2 atom stereocenters. The normalized spacial score (nSPS) is 18.3. The van der Waals surface area contributed by atoms with Gasteiger partial charge in [-0.25, -0.2) is 0 Å². The molecular formula is C23H20N4OS. The first-order valence-corrected chi connectivity index (χ1v) is 10.3. The average molecular weight is 401 g/mol. The van der Waals surface area contributed by atoms with Crippen molar-refractivity contribution in [1.29, 1.82) is 0 Å². The maximum Gasteiger partial charge on any atom is 0.227 e. The summed E-state index contributed by atoms with van der Waals surface area (Å²) in [7, 11) is 0. The van der Waals surface area contributed by atoms with E-state index >= 15 is 0 Å². The number of hydrogen-bond acceptors (Lipinski definition) is 3. The molecule has 29 heavy (non-hydrogen) atoms. The van der Waals surface area contributed by atoms with E-state index in [-0.39, 0.29) is 23.7 Å². The summed E-state index contributed by atoms with van der Waals surface area (Å²) in [6.45, 7) is 0.161. The molecule has 1 fully saturated rings. The monoisotopic (exact) mass is 400 g/mol. The molecule has 3 aromatic rings. The molecule has 0 spiro atoms. The van der Waals surface area contributed by atoms with Crippen molar-refractivity contribution < 1.29 is 4.79 Å². The van der Waals surface area contributed by atoms with Gasteiger partial charge in [0.05, 0.1) is 16.0 Å². The molecule has 4 rings (SSSR count). The van der Waals surface area contributed by atoms with E-state index in [9.17, 15) is 4.79 Å². The number of thioether (sulfide) groups is 1. The molecule has 1 heterocycles. The highest BCUT2D eigenvalue weighted by Crippen LogP contribution is 2.52. The number of β-lactam (4-membered cyclic amide) rings is 1. The van der Waals surface area contributed by atoms with Crippen LogP contribution >= 0.6 is 11.8 Å². The lowest BCUT2D eigenvalue weighted by atomic mass is 9.84. The highest BCUT2D eigenvalue weighted by Gasteiger charge is 2.47. The van der Waals surface area contributed by atoms with E-state index in [0.717, 1.165) is 16.7 Å². The van der Waals surface area contributed by atoms with E-state index in [1.54, 1.807) is 11.8 Å². The Kier molecular flexibility index (Phi) is 5.56. The van der Waals surface area contributed by atoms with Crippen LogP contribution in [0.3, 0.4) is 0 Å². The van der Waals surface area contributed by atoms with Gasteiger partial charge in [0.15, 0.2) is 0 Å². The Hall–Kier alpha value is -3.21. The molecule has 1 amide bonds. The largest absolute Gasteiger partial charge is 0.343 e. The van der Waals surface area contributed by atoms with Crippen LogP contribution in [0, 0.1) is 5.92 Å². The molecule has 0 aliphatic carbocycles. The van der Waals surface area contributed by atoms with Crippen molar-refractivity contribution in [3.05, 3.63) is 118 Å². The molecule has 1 N–H and O–H groups in total. The van der Waals surface area contributed by atoms with E-state index < -0.39 is 4.75 Å². The minimum absolute atomic E-state index is 0.0713. The number of nitrogens with one attached hydrogen (secondary N) is 1. The Bertz CT molecular complexity index is 924. The fourth-order valence-corrected chi connectivity index (χ4v) is 5.46. The molecule has 0 saturated carbocycles. The summed E-state index contributed by atoms with van der Waals surface area (Å²) >= 11 is 1.69. The first kappa shape index (κ1) is 19.1. The minimum Gasteiger partial charge on any atom is -0.343 e. The number of nitrogens with zero attached hydrogens (tertiary/aromatic N) is 3. The van der Waals surface area contributed by atoms with Gasteiger partial charge in [0, 0.05) is 11.5 Å². The molecule has 5 nitrogen and oxygen atoms in total. The third-order valence-corrected chi connectivity index (χ3v) is 6.93. The number of benzene rings is 3. The van der Waals surface area contributed by atoms with Gasteiger partial charge in [-0.2, -0.15) is 0 Å². The molecule has 0 unspecified atom stereocenters. The zero-order valence-electron chi connectivity index (χ0n) is 15.7. The summed E-state index contributed by atoms with van der Waals surface area (Å²) in [5.41, 5.74) is 12.1. The second-order valence-electron chi connectivity index (χ2n) is 6.85. The van der Waals surface area contributed by atoms with E-state index in [1.807, 2.05) is 54.6 Å². The summed E-state index contributed by atoms with van der Waals surface area (Å²) in [5, 5.41) is 6.50. The van der Waals surface area contributed by atoms with Gasteiger partial charge in [0.25, 0.3) is 0 Å². The van der Waals surface area contributed by atoms with Crippen LogP contribution in [0.2, 0.25) is 0 Å². The molecular weight excluding hydrogens is 380 g/mol. The lowest BCUT2D eigenvalue weighted by Gasteiger charge is -2.44. The smallest absolute Gasteiger partial charge is 0.227 e. The third-order valence-electron chi connectivity index (χ3n) is 5.17. The van der Waals surface area contributed by atoms with Gasteiger partial charge in [-0.3, -0.25) is 4.79 Å². The van der Waals surface area contributed by atoms with Gasteiger partial charge >= 0.3 is 0 Å². The zero-order chi connectivity index (χ0) is 20.1. The van der Waals surface area contributed by atoms with Gasteiger partial charge < -0.3 is 5.32 Å². The summed E-state index contributed by atoms with van der Waals surface area (Å²) in [5.74, 6) is -0.413. The van der Waals surface area contributed by atoms with Crippen molar-refractivity contribution >= 4 is 17.7 Å². The second-order valence-corrected chi connectivity index (χ2v) is 8.20. The molecule has 1 aliphatic heterocycles. The summed E-state index contributed by atoms with van der Waals surface area (Å²) in [6.07, 6.45) is 0. The molecule has 1 aliphatic rings. The number of azide groups is 1. The average Bonchev–Trinajstić information content (AvgIpc) is 2.78. The van der Waals surface area contributed by atoms with E-state index in [2.05, 4.69) is 51.7 Å². The number of carbonyl (C=O) groups excluding carboxylic acids is 1. The summed E-state index contributed by atoms with van der Waals surface area (Å²) in [4.78, 5) is 15.0. The molecule has 0 bridgehead atoms. The van der Waals surface area contributed by atoms with Crippen molar-refractivity contribution in [3.8, 4) is 0 Å². The zero-order valence-corrected chi connectivity index (χ0v) is 16.5. The number of amides is 1. The van der Waals surface area contributed by atoms with Crippen LogP contribution in [0.25, 0.3) is 10.4 Å². The third kappa shape index (κ3) is 3.60. The highest BCUT2D eigenvalue weighted by atomic mass is 32.2. The van der Waals surface area contributed by atoms with E-state index in [4.69, 9.17) is 5.53 Å². The standard InChI is InChI=1S/C23H20N4OS/c24-27-25-16-20-21(28)26-22(20)29-23(17-10-4-1-5-11-17,18-12-6-2-7-13-18)19-14-8-3-9-15-19/h1-15,20,22H,16H2,(H,26,28)/t20-,22+/m1/s1. The SMILES string of the molecule is [N-]=[N+]=NC[C@@H]1C(=O)N[C@H]1SC(c1ccccc1)(c1ccccc1)c1ccccc1. The topological polar surface area (TPSA) is 77.9 Å². The first-order chi connectivity index (χ1) is 14.3. The van der Waals surface area contributed by atoms with Crippen LogP contribution in [0.4, 0.5) is 0 Å². The van der Waals surface area contributed by atoms with Crippen LogP contribution < -0.4 is 5.32 Å². The molecule has 1 saturated heterocycles. The number of rotatable bonds is 7. The first-order valence-electron chi connectivity index (χ1n) is 9.41. The van der Waals surface area contributed by atoms with Crippen molar-refractivity contribution in [2.24, 2.45) is 11.0 Å². The summed E-state index contributed by atoms with van der Waals surface area (Å²) < 4.78 is -0.517.